The Morgan fingerprint density at radius 3 is 2.40 bits per heavy atom. The summed E-state index contributed by atoms with van der Waals surface area (Å²) in [6.45, 7) is 20.0. The maximum absolute atomic E-state index is 14.4. The molecule has 2 aromatic heterocycles. The number of aromatic nitrogens is 3. The van der Waals surface area contributed by atoms with Crippen molar-refractivity contribution in [2.45, 2.75) is 86.3 Å². The number of aryl methyl sites for hydroxylation is 3. The molecule has 2 fully saturated rings. The molecule has 1 spiro atoms. The summed E-state index contributed by atoms with van der Waals surface area (Å²) < 4.78 is 30.4. The molecule has 284 valence electrons. The van der Waals surface area contributed by atoms with Gasteiger partial charge in [0.25, 0.3) is 0 Å². The number of esters is 1. The zero-order valence-corrected chi connectivity index (χ0v) is 33.4. The fraction of sp³-hybridized carbons (Fsp3) is 0.488. The van der Waals surface area contributed by atoms with Crippen LogP contribution in [-0.4, -0.2) is 70.1 Å². The quantitative estimate of drug-likeness (QED) is 0.114. The van der Waals surface area contributed by atoms with E-state index in [9.17, 15) is 9.18 Å². The molecule has 0 unspecified atom stereocenters. The smallest absolute Gasteiger partial charge is 0.355 e. The highest BCUT2D eigenvalue weighted by molar-refractivity contribution is 6.35. The molecule has 4 heterocycles. The van der Waals surface area contributed by atoms with Crippen LogP contribution in [0.15, 0.2) is 48.5 Å². The van der Waals surface area contributed by atoms with E-state index in [1.807, 2.05) is 77.5 Å². The van der Waals surface area contributed by atoms with Crippen molar-refractivity contribution >= 4 is 39.2 Å². The van der Waals surface area contributed by atoms with Gasteiger partial charge in [-0.15, -0.1) is 0 Å². The molecule has 0 aliphatic carbocycles. The van der Waals surface area contributed by atoms with Crippen molar-refractivity contribution in [1.82, 2.24) is 24.6 Å². The fourth-order valence-corrected chi connectivity index (χ4v) is 8.51. The Balaban J connectivity index is 0.00000236. The van der Waals surface area contributed by atoms with E-state index in [0.29, 0.717) is 47.9 Å². The molecule has 0 atom stereocenters. The number of hydrogen-bond donors (Lipinski definition) is 1. The van der Waals surface area contributed by atoms with Gasteiger partial charge in [0, 0.05) is 60.8 Å². The number of fused-ring (bicyclic) bond motifs is 2. The zero-order chi connectivity index (χ0) is 38.1. The maximum Gasteiger partial charge on any atom is 0.355 e. The third kappa shape index (κ3) is 7.98. The molecule has 0 amide bonds. The Kier molecular flexibility index (Phi) is 11.6. The zero-order valence-electron chi connectivity index (χ0n) is 32.7. The number of piperidine rings is 1. The lowest BCUT2D eigenvalue weighted by molar-refractivity contribution is -0.0244. The minimum Gasteiger partial charge on any atom is -0.493 e. The van der Waals surface area contributed by atoms with Gasteiger partial charge < -0.3 is 24.3 Å². The lowest BCUT2D eigenvalue weighted by Gasteiger charge is -2.52. The summed E-state index contributed by atoms with van der Waals surface area (Å²) in [7, 11) is 1.95. The lowest BCUT2D eigenvalue weighted by atomic mass is 9.72. The Morgan fingerprint density at radius 1 is 1.00 bits per heavy atom. The van der Waals surface area contributed by atoms with E-state index < -0.39 is 5.60 Å². The number of nitrogens with one attached hydrogen (secondary N) is 1. The number of halogens is 2. The molecule has 2 aliphatic rings. The van der Waals surface area contributed by atoms with Gasteiger partial charge in [0.2, 0.25) is 0 Å². The SMILES string of the molecule is CC.Cc1nn(C)c(C)c1-c1c(Cl)ccc2c(CCCOc3cccc4cc(F)ccc34)c(C(=O)OC(C)(C)C)n(CCN3CC4(CCNCC4)C3)c12. The lowest BCUT2D eigenvalue weighted by Crippen LogP contribution is -2.60. The number of nitrogens with zero attached hydrogens (tertiary/aromatic N) is 4. The van der Waals surface area contributed by atoms with Gasteiger partial charge in [-0.25, -0.2) is 9.18 Å². The number of carbonyl (C=O) groups is 1. The summed E-state index contributed by atoms with van der Waals surface area (Å²) in [6, 6.07) is 14.4. The number of benzene rings is 3. The summed E-state index contributed by atoms with van der Waals surface area (Å²) >= 11 is 7.13. The van der Waals surface area contributed by atoms with E-state index in [4.69, 9.17) is 26.2 Å². The fourth-order valence-electron chi connectivity index (χ4n) is 8.26. The van der Waals surface area contributed by atoms with Crippen LogP contribution in [0.4, 0.5) is 4.39 Å². The molecule has 8 nitrogen and oxygen atoms in total. The van der Waals surface area contributed by atoms with Crippen molar-refractivity contribution in [3.63, 3.8) is 0 Å². The van der Waals surface area contributed by atoms with Crippen molar-refractivity contribution in [2.24, 2.45) is 12.5 Å². The van der Waals surface area contributed by atoms with E-state index in [-0.39, 0.29) is 11.8 Å². The van der Waals surface area contributed by atoms with Gasteiger partial charge in [-0.05, 0) is 120 Å². The van der Waals surface area contributed by atoms with Crippen LogP contribution in [0.25, 0.3) is 32.8 Å². The van der Waals surface area contributed by atoms with Gasteiger partial charge >= 0.3 is 5.97 Å². The second kappa shape index (κ2) is 15.8. The van der Waals surface area contributed by atoms with Gasteiger partial charge in [-0.2, -0.15) is 5.10 Å². The predicted molar refractivity (Wildman–Crippen MR) is 214 cm³/mol. The first-order chi connectivity index (χ1) is 25.3. The van der Waals surface area contributed by atoms with Crippen LogP contribution in [0.3, 0.4) is 0 Å². The van der Waals surface area contributed by atoms with E-state index in [1.165, 1.54) is 25.0 Å². The second-order valence-electron chi connectivity index (χ2n) is 15.5. The van der Waals surface area contributed by atoms with Crippen molar-refractivity contribution in [1.29, 1.82) is 0 Å². The average molecular weight is 744 g/mol. The molecule has 5 aromatic rings. The van der Waals surface area contributed by atoms with Crippen LogP contribution in [-0.2, 0) is 24.8 Å². The molecule has 3 aromatic carbocycles. The van der Waals surface area contributed by atoms with Crippen LogP contribution in [0.5, 0.6) is 5.75 Å². The van der Waals surface area contributed by atoms with Crippen molar-refractivity contribution in [2.75, 3.05) is 39.3 Å². The van der Waals surface area contributed by atoms with Crippen LogP contribution in [0, 0.1) is 25.1 Å². The van der Waals surface area contributed by atoms with E-state index >= 15 is 0 Å². The maximum atomic E-state index is 14.4. The van der Waals surface area contributed by atoms with Crippen molar-refractivity contribution in [3.05, 3.63) is 82.0 Å². The van der Waals surface area contributed by atoms with Crippen LogP contribution >= 0.6 is 11.6 Å². The minimum absolute atomic E-state index is 0.276. The standard InChI is InChI=1S/C41H49ClFN5O3.C2H6/c1-26-35(27(2)46(6)45-26)36-33(42)15-14-32-31(10-8-22-50-34-11-7-9-28-23-29(43)12-13-30(28)34)38(39(49)51-40(3,4)5)48(37(32)36)21-20-47-24-41(25-47)16-18-44-19-17-41;1-2/h7,9,11-15,23,44H,8,10,16-22,24-25H2,1-6H3;1-2H3. The first-order valence-electron chi connectivity index (χ1n) is 19.2. The molecule has 0 bridgehead atoms. The van der Waals surface area contributed by atoms with Gasteiger partial charge in [-0.3, -0.25) is 4.68 Å². The number of carbonyl (C=O) groups excluding carboxylic acids is 1. The van der Waals surface area contributed by atoms with E-state index in [2.05, 4.69) is 27.8 Å². The second-order valence-corrected chi connectivity index (χ2v) is 15.9. The average Bonchev–Trinajstić information content (AvgIpc) is 3.56. The van der Waals surface area contributed by atoms with E-state index in [1.54, 1.807) is 6.07 Å². The molecule has 1 N–H and O–H groups in total. The molecular weight excluding hydrogens is 689 g/mol. The highest BCUT2D eigenvalue weighted by atomic mass is 35.5. The van der Waals surface area contributed by atoms with Gasteiger partial charge in [0.15, 0.2) is 0 Å². The van der Waals surface area contributed by atoms with Gasteiger partial charge in [0.05, 0.1) is 22.8 Å². The largest absolute Gasteiger partial charge is 0.493 e. The third-order valence-electron chi connectivity index (χ3n) is 10.7. The van der Waals surface area contributed by atoms with Crippen molar-refractivity contribution in [3.8, 4) is 16.9 Å². The van der Waals surface area contributed by atoms with Crippen LogP contribution < -0.4 is 10.1 Å². The summed E-state index contributed by atoms with van der Waals surface area (Å²) in [4.78, 5) is 16.9. The molecule has 7 rings (SSSR count). The Bertz CT molecular complexity index is 2100. The molecule has 0 radical (unpaired) electrons. The molecule has 53 heavy (non-hydrogen) atoms. The Labute approximate surface area is 318 Å². The molecular formula is C43H55ClFN5O3. The van der Waals surface area contributed by atoms with Crippen LogP contribution in [0.2, 0.25) is 5.02 Å². The third-order valence-corrected chi connectivity index (χ3v) is 11.0. The summed E-state index contributed by atoms with van der Waals surface area (Å²) in [5.74, 6) is 0.0903. The molecule has 0 saturated carbocycles. The predicted octanol–water partition coefficient (Wildman–Crippen LogP) is 9.28. The number of rotatable bonds is 10. The Hall–Kier alpha value is -3.92. The van der Waals surface area contributed by atoms with Gasteiger partial charge in [-0.1, -0.05) is 43.6 Å². The normalized spacial score (nSPS) is 15.7. The van der Waals surface area contributed by atoms with Crippen molar-refractivity contribution < 1.29 is 18.7 Å². The van der Waals surface area contributed by atoms with Gasteiger partial charge in [0.1, 0.15) is 22.9 Å². The summed E-state index contributed by atoms with van der Waals surface area (Å²) in [6.07, 6.45) is 3.65. The number of hydrogen-bond acceptors (Lipinski definition) is 6. The molecule has 2 saturated heterocycles. The summed E-state index contributed by atoms with van der Waals surface area (Å²) in [5.41, 5.74) is 5.94. The highest BCUT2D eigenvalue weighted by Gasteiger charge is 2.43. The topological polar surface area (TPSA) is 73.6 Å². The number of ether oxygens (including phenoxy) is 2. The highest BCUT2D eigenvalue weighted by Crippen LogP contribution is 2.43. The van der Waals surface area contributed by atoms with Crippen LogP contribution in [0.1, 0.15) is 81.3 Å². The number of likely N-dealkylation sites (tertiary alicyclic amines) is 1. The first kappa shape index (κ1) is 38.8. The first-order valence-corrected chi connectivity index (χ1v) is 19.5. The summed E-state index contributed by atoms with van der Waals surface area (Å²) in [5, 5.41) is 11.5. The Morgan fingerprint density at radius 2 is 1.72 bits per heavy atom. The molecule has 10 heteroatoms. The minimum atomic E-state index is -0.678. The molecule has 2 aliphatic heterocycles. The van der Waals surface area contributed by atoms with E-state index in [0.717, 1.165) is 82.5 Å². The monoisotopic (exact) mass is 743 g/mol.